The lowest BCUT2D eigenvalue weighted by Gasteiger charge is -2.12. The summed E-state index contributed by atoms with van der Waals surface area (Å²) in [5, 5.41) is 0.807. The van der Waals surface area contributed by atoms with Crippen LogP contribution in [0.25, 0.3) is 0 Å². The van der Waals surface area contributed by atoms with Gasteiger partial charge in [-0.1, -0.05) is 25.4 Å². The summed E-state index contributed by atoms with van der Waals surface area (Å²) in [5.41, 5.74) is 0.887. The second-order valence-corrected chi connectivity index (χ2v) is 4.36. The highest BCUT2D eigenvalue weighted by molar-refractivity contribution is 6.31. The number of rotatable bonds is 3. The zero-order valence-electron chi connectivity index (χ0n) is 7.80. The zero-order chi connectivity index (χ0) is 9.84. The first-order valence-electron chi connectivity index (χ1n) is 4.34. The number of hydrogen-bond donors (Lipinski definition) is 0. The molecular weight excluding hydrogens is 205 g/mol. The van der Waals surface area contributed by atoms with Crippen LogP contribution in [0.4, 0.5) is 0 Å². The largest absolute Gasteiger partial charge is 0.260 e. The highest BCUT2D eigenvalue weighted by Crippen LogP contribution is 2.19. The second kappa shape index (κ2) is 4.83. The Morgan fingerprint density at radius 2 is 2.15 bits per heavy atom. The number of nitrogens with zero attached hydrogens (tertiary/aromatic N) is 1. The molecule has 72 valence electrons. The predicted octanol–water partition coefficient (Wildman–Crippen LogP) is 3.54. The topological polar surface area (TPSA) is 12.9 Å². The number of hydrogen-bond acceptors (Lipinski definition) is 1. The SMILES string of the molecule is CC(C)C(Cl)Cc1ncccc1Cl. The predicted molar refractivity (Wildman–Crippen MR) is 57.4 cm³/mol. The van der Waals surface area contributed by atoms with Gasteiger partial charge in [0, 0.05) is 18.0 Å². The maximum absolute atomic E-state index is 6.12. The van der Waals surface area contributed by atoms with E-state index in [1.54, 1.807) is 6.20 Å². The van der Waals surface area contributed by atoms with E-state index in [1.165, 1.54) is 0 Å². The maximum atomic E-state index is 6.12. The average Bonchev–Trinajstić information content (AvgIpc) is 2.08. The molecule has 1 heterocycles. The van der Waals surface area contributed by atoms with Crippen molar-refractivity contribution >= 4 is 23.2 Å². The number of halogens is 2. The molecule has 0 saturated heterocycles. The van der Waals surface area contributed by atoms with Crippen LogP contribution in [0.3, 0.4) is 0 Å². The third-order valence-corrected chi connectivity index (χ3v) is 2.95. The van der Waals surface area contributed by atoms with Gasteiger partial charge < -0.3 is 0 Å². The van der Waals surface area contributed by atoms with E-state index in [-0.39, 0.29) is 5.38 Å². The minimum Gasteiger partial charge on any atom is -0.260 e. The van der Waals surface area contributed by atoms with Crippen molar-refractivity contribution in [2.75, 3.05) is 0 Å². The molecule has 0 aromatic carbocycles. The van der Waals surface area contributed by atoms with Crippen molar-refractivity contribution < 1.29 is 0 Å². The summed E-state index contributed by atoms with van der Waals surface area (Å²) in [4.78, 5) is 4.18. The molecule has 0 amide bonds. The van der Waals surface area contributed by atoms with Crippen LogP contribution in [-0.2, 0) is 6.42 Å². The van der Waals surface area contributed by atoms with Crippen LogP contribution in [0.15, 0.2) is 18.3 Å². The van der Waals surface area contributed by atoms with Gasteiger partial charge in [-0.3, -0.25) is 4.98 Å². The first kappa shape index (κ1) is 10.8. The molecule has 0 aliphatic carbocycles. The lowest BCUT2D eigenvalue weighted by Crippen LogP contribution is -2.12. The average molecular weight is 218 g/mol. The van der Waals surface area contributed by atoms with Gasteiger partial charge in [-0.2, -0.15) is 0 Å². The Bertz CT molecular complexity index is 273. The van der Waals surface area contributed by atoms with Crippen molar-refractivity contribution in [2.45, 2.75) is 25.6 Å². The summed E-state index contributed by atoms with van der Waals surface area (Å²) < 4.78 is 0. The molecular formula is C10H13Cl2N. The summed E-state index contributed by atoms with van der Waals surface area (Å²) >= 11 is 12.1. The Kier molecular flexibility index (Phi) is 4.01. The molecule has 1 aromatic rings. The van der Waals surface area contributed by atoms with E-state index in [2.05, 4.69) is 18.8 Å². The monoisotopic (exact) mass is 217 g/mol. The summed E-state index contributed by atoms with van der Waals surface area (Å²) in [5.74, 6) is 0.444. The third kappa shape index (κ3) is 3.17. The molecule has 0 radical (unpaired) electrons. The zero-order valence-corrected chi connectivity index (χ0v) is 9.31. The molecule has 1 unspecified atom stereocenters. The van der Waals surface area contributed by atoms with E-state index in [0.717, 1.165) is 12.1 Å². The first-order chi connectivity index (χ1) is 6.11. The summed E-state index contributed by atoms with van der Waals surface area (Å²) in [6, 6.07) is 3.66. The van der Waals surface area contributed by atoms with Crippen LogP contribution in [-0.4, -0.2) is 10.4 Å². The molecule has 1 aromatic heterocycles. The van der Waals surface area contributed by atoms with Gasteiger partial charge in [-0.25, -0.2) is 0 Å². The van der Waals surface area contributed by atoms with Crippen molar-refractivity contribution in [3.8, 4) is 0 Å². The molecule has 1 nitrogen and oxygen atoms in total. The van der Waals surface area contributed by atoms with Gasteiger partial charge in [-0.05, 0) is 18.1 Å². The quantitative estimate of drug-likeness (QED) is 0.707. The highest BCUT2D eigenvalue weighted by Gasteiger charge is 2.12. The van der Waals surface area contributed by atoms with Gasteiger partial charge in [0.15, 0.2) is 0 Å². The summed E-state index contributed by atoms with van der Waals surface area (Å²) in [7, 11) is 0. The molecule has 1 atom stereocenters. The van der Waals surface area contributed by atoms with E-state index in [4.69, 9.17) is 23.2 Å². The lowest BCUT2D eigenvalue weighted by molar-refractivity contribution is 0.591. The van der Waals surface area contributed by atoms with Crippen LogP contribution in [0.5, 0.6) is 0 Å². The third-order valence-electron chi connectivity index (χ3n) is 1.95. The Morgan fingerprint density at radius 3 is 2.69 bits per heavy atom. The van der Waals surface area contributed by atoms with Gasteiger partial charge in [-0.15, -0.1) is 11.6 Å². The van der Waals surface area contributed by atoms with Crippen LogP contribution in [0.1, 0.15) is 19.5 Å². The molecule has 0 aliphatic rings. The van der Waals surface area contributed by atoms with Crippen molar-refractivity contribution in [3.63, 3.8) is 0 Å². The Labute approximate surface area is 89.1 Å². The second-order valence-electron chi connectivity index (χ2n) is 3.40. The molecule has 0 spiro atoms. The lowest BCUT2D eigenvalue weighted by atomic mass is 10.1. The summed E-state index contributed by atoms with van der Waals surface area (Å²) in [6.07, 6.45) is 2.48. The molecule has 0 saturated carbocycles. The van der Waals surface area contributed by atoms with Gasteiger partial charge >= 0.3 is 0 Å². The minimum atomic E-state index is 0.104. The van der Waals surface area contributed by atoms with Crippen LogP contribution in [0, 0.1) is 5.92 Å². The molecule has 3 heteroatoms. The van der Waals surface area contributed by atoms with Crippen LogP contribution < -0.4 is 0 Å². The van der Waals surface area contributed by atoms with Crippen molar-refractivity contribution in [1.29, 1.82) is 0 Å². The summed E-state index contributed by atoms with van der Waals surface area (Å²) in [6.45, 7) is 4.18. The Balaban J connectivity index is 2.69. The van der Waals surface area contributed by atoms with Gasteiger partial charge in [0.25, 0.3) is 0 Å². The van der Waals surface area contributed by atoms with E-state index >= 15 is 0 Å². The maximum Gasteiger partial charge on any atom is 0.0622 e. The number of pyridine rings is 1. The van der Waals surface area contributed by atoms with Crippen molar-refractivity contribution in [3.05, 3.63) is 29.0 Å². The van der Waals surface area contributed by atoms with E-state index in [1.807, 2.05) is 12.1 Å². The van der Waals surface area contributed by atoms with Gasteiger partial charge in [0.1, 0.15) is 0 Å². The Morgan fingerprint density at radius 1 is 1.46 bits per heavy atom. The standard InChI is InChI=1S/C10H13Cl2N/c1-7(2)9(12)6-10-8(11)4-3-5-13-10/h3-5,7,9H,6H2,1-2H3. The van der Waals surface area contributed by atoms with Gasteiger partial charge in [0.2, 0.25) is 0 Å². The van der Waals surface area contributed by atoms with E-state index in [9.17, 15) is 0 Å². The molecule has 0 aliphatic heterocycles. The van der Waals surface area contributed by atoms with Crippen LogP contribution >= 0.6 is 23.2 Å². The fourth-order valence-electron chi connectivity index (χ4n) is 0.989. The van der Waals surface area contributed by atoms with E-state index in [0.29, 0.717) is 10.9 Å². The first-order valence-corrected chi connectivity index (χ1v) is 5.16. The fraction of sp³-hybridized carbons (Fsp3) is 0.500. The normalized spacial score (nSPS) is 13.3. The molecule has 0 fully saturated rings. The van der Waals surface area contributed by atoms with E-state index < -0.39 is 0 Å². The Hall–Kier alpha value is -0.270. The van der Waals surface area contributed by atoms with Crippen LogP contribution in [0.2, 0.25) is 5.02 Å². The number of aromatic nitrogens is 1. The molecule has 1 rings (SSSR count). The van der Waals surface area contributed by atoms with Crippen molar-refractivity contribution in [2.24, 2.45) is 5.92 Å². The smallest absolute Gasteiger partial charge is 0.0622 e. The number of alkyl halides is 1. The highest BCUT2D eigenvalue weighted by atomic mass is 35.5. The molecule has 0 N–H and O–H groups in total. The van der Waals surface area contributed by atoms with Crippen molar-refractivity contribution in [1.82, 2.24) is 4.98 Å². The fourth-order valence-corrected chi connectivity index (χ4v) is 1.33. The minimum absolute atomic E-state index is 0.104. The molecule has 0 bridgehead atoms. The van der Waals surface area contributed by atoms with Gasteiger partial charge in [0.05, 0.1) is 10.7 Å². The molecule has 13 heavy (non-hydrogen) atoms.